The molecule has 1 amide bonds. The molecule has 0 fully saturated rings. The van der Waals surface area contributed by atoms with Crippen LogP contribution in [-0.2, 0) is 0 Å². The normalized spacial score (nSPS) is 16.7. The first kappa shape index (κ1) is 13.5. The van der Waals surface area contributed by atoms with Crippen molar-refractivity contribution in [3.8, 4) is 5.75 Å². The fourth-order valence-corrected chi connectivity index (χ4v) is 2.60. The molecular weight excluding hydrogens is 264 g/mol. The van der Waals surface area contributed by atoms with Gasteiger partial charge in [-0.2, -0.15) is 0 Å². The molecule has 4 heteroatoms. The third kappa shape index (κ3) is 2.44. The first-order valence-electron chi connectivity index (χ1n) is 7.09. The predicted molar refractivity (Wildman–Crippen MR) is 82.6 cm³/mol. The molecule has 4 nitrogen and oxygen atoms in total. The lowest BCUT2D eigenvalue weighted by atomic mass is 10.0. The zero-order valence-corrected chi connectivity index (χ0v) is 12.1. The van der Waals surface area contributed by atoms with Crippen LogP contribution in [0.2, 0.25) is 0 Å². The SMILES string of the molecule is CCOc1ccccc1C1NC(=O)c2cccc(C)c2N1. The van der Waals surface area contributed by atoms with Crippen LogP contribution in [0, 0.1) is 6.92 Å². The Morgan fingerprint density at radius 1 is 1.10 bits per heavy atom. The Hall–Kier alpha value is -2.49. The van der Waals surface area contributed by atoms with Gasteiger partial charge >= 0.3 is 0 Å². The van der Waals surface area contributed by atoms with Gasteiger partial charge in [0.15, 0.2) is 0 Å². The lowest BCUT2D eigenvalue weighted by Gasteiger charge is -2.30. The van der Waals surface area contributed by atoms with Gasteiger partial charge in [-0.15, -0.1) is 0 Å². The second kappa shape index (κ2) is 5.48. The highest BCUT2D eigenvalue weighted by atomic mass is 16.5. The van der Waals surface area contributed by atoms with E-state index in [-0.39, 0.29) is 12.1 Å². The van der Waals surface area contributed by atoms with Crippen molar-refractivity contribution in [2.75, 3.05) is 11.9 Å². The minimum atomic E-state index is -0.283. The van der Waals surface area contributed by atoms with Gasteiger partial charge < -0.3 is 15.4 Å². The van der Waals surface area contributed by atoms with Crippen molar-refractivity contribution < 1.29 is 9.53 Å². The maximum atomic E-state index is 12.3. The quantitative estimate of drug-likeness (QED) is 0.908. The van der Waals surface area contributed by atoms with E-state index in [9.17, 15) is 4.79 Å². The number of ether oxygens (including phenoxy) is 1. The molecule has 21 heavy (non-hydrogen) atoms. The molecule has 108 valence electrons. The molecule has 1 heterocycles. The molecule has 2 aromatic rings. The lowest BCUT2D eigenvalue weighted by molar-refractivity contribution is 0.0935. The van der Waals surface area contributed by atoms with Crippen LogP contribution in [0.3, 0.4) is 0 Å². The number of fused-ring (bicyclic) bond motifs is 1. The molecule has 0 bridgehead atoms. The Balaban J connectivity index is 2.00. The summed E-state index contributed by atoms with van der Waals surface area (Å²) in [6.45, 7) is 4.53. The number of carbonyl (C=O) groups excluding carboxylic acids is 1. The van der Waals surface area contributed by atoms with E-state index < -0.39 is 0 Å². The van der Waals surface area contributed by atoms with E-state index in [4.69, 9.17) is 4.74 Å². The topological polar surface area (TPSA) is 50.4 Å². The third-order valence-electron chi connectivity index (χ3n) is 3.61. The largest absolute Gasteiger partial charge is 0.493 e. The van der Waals surface area contributed by atoms with Crippen molar-refractivity contribution in [3.05, 3.63) is 59.2 Å². The summed E-state index contributed by atoms with van der Waals surface area (Å²) in [5, 5.41) is 6.38. The average Bonchev–Trinajstić information content (AvgIpc) is 2.49. The van der Waals surface area contributed by atoms with Gasteiger partial charge in [-0.3, -0.25) is 4.79 Å². The second-order valence-corrected chi connectivity index (χ2v) is 5.02. The number of benzene rings is 2. The smallest absolute Gasteiger partial charge is 0.255 e. The summed E-state index contributed by atoms with van der Waals surface area (Å²) in [5.41, 5.74) is 3.56. The van der Waals surface area contributed by atoms with Crippen molar-refractivity contribution in [2.45, 2.75) is 20.0 Å². The van der Waals surface area contributed by atoms with Gasteiger partial charge in [0, 0.05) is 5.56 Å². The van der Waals surface area contributed by atoms with Crippen molar-refractivity contribution in [1.29, 1.82) is 0 Å². The summed E-state index contributed by atoms with van der Waals surface area (Å²) in [5.74, 6) is 0.721. The van der Waals surface area contributed by atoms with Gasteiger partial charge in [-0.05, 0) is 31.5 Å². The number of anilines is 1. The molecule has 0 spiro atoms. The molecular formula is C17H18N2O2. The molecule has 0 saturated carbocycles. The Kier molecular flexibility index (Phi) is 3.52. The second-order valence-electron chi connectivity index (χ2n) is 5.02. The van der Waals surface area contributed by atoms with Gasteiger partial charge in [0.05, 0.1) is 17.9 Å². The van der Waals surface area contributed by atoms with E-state index in [1.165, 1.54) is 0 Å². The van der Waals surface area contributed by atoms with Crippen molar-refractivity contribution in [1.82, 2.24) is 5.32 Å². The highest BCUT2D eigenvalue weighted by molar-refractivity contribution is 6.02. The number of rotatable bonds is 3. The molecule has 2 N–H and O–H groups in total. The lowest BCUT2D eigenvalue weighted by Crippen LogP contribution is -2.39. The van der Waals surface area contributed by atoms with E-state index in [0.717, 1.165) is 22.6 Å². The van der Waals surface area contributed by atoms with E-state index in [1.54, 1.807) is 0 Å². The number of hydrogen-bond donors (Lipinski definition) is 2. The van der Waals surface area contributed by atoms with Gasteiger partial charge in [0.2, 0.25) is 0 Å². The number of hydrogen-bond acceptors (Lipinski definition) is 3. The van der Waals surface area contributed by atoms with Gasteiger partial charge in [0.1, 0.15) is 11.9 Å². The molecule has 2 aromatic carbocycles. The number of carbonyl (C=O) groups is 1. The molecule has 1 atom stereocenters. The summed E-state index contributed by atoms with van der Waals surface area (Å²) < 4.78 is 5.65. The number of para-hydroxylation sites is 2. The maximum absolute atomic E-state index is 12.3. The van der Waals surface area contributed by atoms with E-state index in [0.29, 0.717) is 12.2 Å². The molecule has 3 rings (SSSR count). The fraction of sp³-hybridized carbons (Fsp3) is 0.235. The van der Waals surface area contributed by atoms with Crippen LogP contribution >= 0.6 is 0 Å². The molecule has 1 aliphatic rings. The Bertz CT molecular complexity index is 682. The van der Waals surface area contributed by atoms with Crippen LogP contribution in [0.5, 0.6) is 5.75 Å². The van der Waals surface area contributed by atoms with Gasteiger partial charge in [-0.25, -0.2) is 0 Å². The summed E-state index contributed by atoms with van der Waals surface area (Å²) in [6.07, 6.45) is -0.283. The van der Waals surface area contributed by atoms with Crippen molar-refractivity contribution >= 4 is 11.6 Å². The van der Waals surface area contributed by atoms with Crippen LogP contribution in [0.1, 0.15) is 34.6 Å². The summed E-state index contributed by atoms with van der Waals surface area (Å²) in [6, 6.07) is 13.5. The minimum absolute atomic E-state index is 0.0660. The average molecular weight is 282 g/mol. The van der Waals surface area contributed by atoms with E-state index in [1.807, 2.05) is 56.3 Å². The van der Waals surface area contributed by atoms with Crippen LogP contribution in [0.25, 0.3) is 0 Å². The summed E-state index contributed by atoms with van der Waals surface area (Å²) in [7, 11) is 0. The predicted octanol–water partition coefficient (Wildman–Crippen LogP) is 3.25. The fourth-order valence-electron chi connectivity index (χ4n) is 2.60. The van der Waals surface area contributed by atoms with Crippen molar-refractivity contribution in [2.24, 2.45) is 0 Å². The number of aryl methyl sites for hydroxylation is 1. The Morgan fingerprint density at radius 3 is 2.71 bits per heavy atom. The van der Waals surface area contributed by atoms with Crippen LogP contribution in [0.15, 0.2) is 42.5 Å². The van der Waals surface area contributed by atoms with Crippen LogP contribution in [-0.4, -0.2) is 12.5 Å². The number of amides is 1. The Labute approximate surface area is 124 Å². The molecule has 0 radical (unpaired) electrons. The molecule has 0 aliphatic carbocycles. The third-order valence-corrected chi connectivity index (χ3v) is 3.61. The van der Waals surface area contributed by atoms with Crippen LogP contribution < -0.4 is 15.4 Å². The molecule has 0 aromatic heterocycles. The molecule has 1 aliphatic heterocycles. The Morgan fingerprint density at radius 2 is 1.90 bits per heavy atom. The van der Waals surface area contributed by atoms with Gasteiger partial charge in [-0.1, -0.05) is 30.3 Å². The van der Waals surface area contributed by atoms with E-state index in [2.05, 4.69) is 10.6 Å². The van der Waals surface area contributed by atoms with E-state index >= 15 is 0 Å². The highest BCUT2D eigenvalue weighted by Crippen LogP contribution is 2.32. The first-order valence-corrected chi connectivity index (χ1v) is 7.09. The zero-order chi connectivity index (χ0) is 14.8. The zero-order valence-electron chi connectivity index (χ0n) is 12.1. The highest BCUT2D eigenvalue weighted by Gasteiger charge is 2.27. The van der Waals surface area contributed by atoms with Crippen molar-refractivity contribution in [3.63, 3.8) is 0 Å². The summed E-state index contributed by atoms with van der Waals surface area (Å²) >= 11 is 0. The first-order chi connectivity index (χ1) is 10.2. The van der Waals surface area contributed by atoms with Gasteiger partial charge in [0.25, 0.3) is 5.91 Å². The standard InChI is InChI=1S/C17H18N2O2/c1-3-21-14-10-5-4-8-12(14)16-18-15-11(2)7-6-9-13(15)17(20)19-16/h4-10,16,18H,3H2,1-2H3,(H,19,20). The monoisotopic (exact) mass is 282 g/mol. The van der Waals surface area contributed by atoms with Crippen LogP contribution in [0.4, 0.5) is 5.69 Å². The molecule has 0 saturated heterocycles. The molecule has 1 unspecified atom stereocenters. The maximum Gasteiger partial charge on any atom is 0.255 e. The minimum Gasteiger partial charge on any atom is -0.493 e. The summed E-state index contributed by atoms with van der Waals surface area (Å²) in [4.78, 5) is 12.3. The number of nitrogens with one attached hydrogen (secondary N) is 2.